The van der Waals surface area contributed by atoms with E-state index in [9.17, 15) is 5.11 Å². The lowest BCUT2D eigenvalue weighted by atomic mass is 10.1. The molecule has 68 valence electrons. The van der Waals surface area contributed by atoms with Gasteiger partial charge in [0.2, 0.25) is 0 Å². The fraction of sp³-hybridized carbons (Fsp3) is 0.0833. The van der Waals surface area contributed by atoms with Crippen molar-refractivity contribution in [2.45, 2.75) is 6.42 Å². The Morgan fingerprint density at radius 3 is 2.57 bits per heavy atom. The molecular formula is C12H9NO. The van der Waals surface area contributed by atoms with Crippen LogP contribution in [0.2, 0.25) is 0 Å². The Hall–Kier alpha value is -2.01. The molecule has 0 aliphatic carbocycles. The van der Waals surface area contributed by atoms with Crippen LogP contribution < -0.4 is 0 Å². The molecule has 0 aliphatic rings. The molecule has 0 aliphatic heterocycles. The summed E-state index contributed by atoms with van der Waals surface area (Å²) in [7, 11) is 0. The number of fused-ring (bicyclic) bond motifs is 1. The van der Waals surface area contributed by atoms with E-state index in [1.807, 2.05) is 24.3 Å². The Morgan fingerprint density at radius 2 is 1.79 bits per heavy atom. The van der Waals surface area contributed by atoms with Crippen molar-refractivity contribution >= 4 is 10.8 Å². The summed E-state index contributed by atoms with van der Waals surface area (Å²) in [5.41, 5.74) is 1.01. The second-order valence-electron chi connectivity index (χ2n) is 3.20. The largest absolute Gasteiger partial charge is 0.508 e. The maximum absolute atomic E-state index is 9.25. The van der Waals surface area contributed by atoms with Gasteiger partial charge in [-0.05, 0) is 28.5 Å². The molecule has 0 unspecified atom stereocenters. The average Bonchev–Trinajstić information content (AvgIpc) is 2.19. The van der Waals surface area contributed by atoms with Gasteiger partial charge >= 0.3 is 0 Å². The summed E-state index contributed by atoms with van der Waals surface area (Å²) in [4.78, 5) is 0. The Bertz CT molecular complexity index is 511. The highest BCUT2D eigenvalue weighted by Crippen LogP contribution is 2.21. The summed E-state index contributed by atoms with van der Waals surface area (Å²) < 4.78 is 0. The summed E-state index contributed by atoms with van der Waals surface area (Å²) in [6.45, 7) is 0. The normalized spacial score (nSPS) is 9.93. The van der Waals surface area contributed by atoms with Gasteiger partial charge < -0.3 is 5.11 Å². The number of rotatable bonds is 1. The topological polar surface area (TPSA) is 44.0 Å². The Kier molecular flexibility index (Phi) is 2.08. The van der Waals surface area contributed by atoms with Crippen molar-refractivity contribution < 1.29 is 5.11 Å². The first-order valence-corrected chi connectivity index (χ1v) is 4.38. The fourth-order valence-electron chi connectivity index (χ4n) is 1.48. The van der Waals surface area contributed by atoms with Gasteiger partial charge in [-0.25, -0.2) is 0 Å². The SMILES string of the molecule is N#CCc1ccc2cc(O)ccc2c1. The minimum Gasteiger partial charge on any atom is -0.508 e. The summed E-state index contributed by atoms with van der Waals surface area (Å²) in [5.74, 6) is 0.269. The minimum atomic E-state index is 0.269. The van der Waals surface area contributed by atoms with E-state index in [4.69, 9.17) is 5.26 Å². The second kappa shape index (κ2) is 3.39. The molecule has 0 saturated heterocycles. The number of hydrogen-bond acceptors (Lipinski definition) is 2. The van der Waals surface area contributed by atoms with Crippen molar-refractivity contribution in [2.75, 3.05) is 0 Å². The van der Waals surface area contributed by atoms with Crippen LogP contribution in [-0.4, -0.2) is 5.11 Å². The van der Waals surface area contributed by atoms with Crippen molar-refractivity contribution in [1.29, 1.82) is 5.26 Å². The molecule has 1 N–H and O–H groups in total. The maximum Gasteiger partial charge on any atom is 0.116 e. The molecule has 0 radical (unpaired) electrons. The second-order valence-corrected chi connectivity index (χ2v) is 3.20. The first-order chi connectivity index (χ1) is 6.79. The van der Waals surface area contributed by atoms with Crippen LogP contribution in [0.1, 0.15) is 5.56 Å². The molecule has 0 amide bonds. The number of nitrogens with zero attached hydrogens (tertiary/aromatic N) is 1. The lowest BCUT2D eigenvalue weighted by molar-refractivity contribution is 0.476. The van der Waals surface area contributed by atoms with Crippen molar-refractivity contribution in [2.24, 2.45) is 0 Å². The third-order valence-electron chi connectivity index (χ3n) is 2.17. The molecule has 2 aromatic rings. The zero-order valence-electron chi connectivity index (χ0n) is 7.57. The van der Waals surface area contributed by atoms with Crippen LogP contribution in [0.5, 0.6) is 5.75 Å². The number of benzene rings is 2. The fourth-order valence-corrected chi connectivity index (χ4v) is 1.48. The lowest BCUT2D eigenvalue weighted by Gasteiger charge is -2.00. The molecule has 0 heterocycles. The van der Waals surface area contributed by atoms with Gasteiger partial charge in [0.25, 0.3) is 0 Å². The van der Waals surface area contributed by atoms with Crippen LogP contribution in [0.4, 0.5) is 0 Å². The third kappa shape index (κ3) is 1.53. The Labute approximate surface area is 82.0 Å². The van der Waals surface area contributed by atoms with Crippen LogP contribution in [0.3, 0.4) is 0 Å². The predicted octanol–water partition coefficient (Wildman–Crippen LogP) is 2.61. The van der Waals surface area contributed by atoms with E-state index in [0.29, 0.717) is 6.42 Å². The molecular weight excluding hydrogens is 174 g/mol. The molecule has 0 bridgehead atoms. The standard InChI is InChI=1S/C12H9NO/c13-6-5-9-1-2-11-8-12(14)4-3-10(11)7-9/h1-4,7-8,14H,5H2. The van der Waals surface area contributed by atoms with Gasteiger partial charge in [-0.3, -0.25) is 0 Å². The molecule has 2 heteroatoms. The van der Waals surface area contributed by atoms with E-state index in [0.717, 1.165) is 16.3 Å². The first-order valence-electron chi connectivity index (χ1n) is 4.38. The Morgan fingerprint density at radius 1 is 1.07 bits per heavy atom. The van der Waals surface area contributed by atoms with Crippen LogP contribution in [0.25, 0.3) is 10.8 Å². The third-order valence-corrected chi connectivity index (χ3v) is 2.17. The number of hydrogen-bond donors (Lipinski definition) is 1. The van der Waals surface area contributed by atoms with Crippen molar-refractivity contribution in [1.82, 2.24) is 0 Å². The van der Waals surface area contributed by atoms with Gasteiger partial charge in [-0.2, -0.15) is 5.26 Å². The molecule has 0 aromatic heterocycles. The molecule has 14 heavy (non-hydrogen) atoms. The van der Waals surface area contributed by atoms with E-state index in [2.05, 4.69) is 6.07 Å². The number of phenolic OH excluding ortho intramolecular Hbond substituents is 1. The van der Waals surface area contributed by atoms with Gasteiger partial charge in [-0.15, -0.1) is 0 Å². The van der Waals surface area contributed by atoms with Crippen LogP contribution in [-0.2, 0) is 6.42 Å². The molecule has 2 aromatic carbocycles. The van der Waals surface area contributed by atoms with E-state index in [-0.39, 0.29) is 5.75 Å². The number of phenols is 1. The zero-order valence-corrected chi connectivity index (χ0v) is 7.57. The highest BCUT2D eigenvalue weighted by Gasteiger charge is 1.97. The quantitative estimate of drug-likeness (QED) is 0.738. The van der Waals surface area contributed by atoms with Crippen molar-refractivity contribution in [3.63, 3.8) is 0 Å². The van der Waals surface area contributed by atoms with E-state index >= 15 is 0 Å². The molecule has 0 spiro atoms. The van der Waals surface area contributed by atoms with E-state index in [1.165, 1.54) is 0 Å². The summed E-state index contributed by atoms with van der Waals surface area (Å²) in [6, 6.07) is 13.1. The predicted molar refractivity (Wildman–Crippen MR) is 54.9 cm³/mol. The Balaban J connectivity index is 2.57. The maximum atomic E-state index is 9.25. The summed E-state index contributed by atoms with van der Waals surface area (Å²) >= 11 is 0. The zero-order chi connectivity index (χ0) is 9.97. The highest BCUT2D eigenvalue weighted by atomic mass is 16.3. The van der Waals surface area contributed by atoms with Gasteiger partial charge in [0.15, 0.2) is 0 Å². The first kappa shape index (κ1) is 8.58. The van der Waals surface area contributed by atoms with Gasteiger partial charge in [0.1, 0.15) is 5.75 Å². The van der Waals surface area contributed by atoms with Crippen LogP contribution in [0, 0.1) is 11.3 Å². The molecule has 2 nitrogen and oxygen atoms in total. The molecule has 2 rings (SSSR count). The van der Waals surface area contributed by atoms with Gasteiger partial charge in [-0.1, -0.05) is 24.3 Å². The molecule has 0 saturated carbocycles. The van der Waals surface area contributed by atoms with Gasteiger partial charge in [0.05, 0.1) is 12.5 Å². The minimum absolute atomic E-state index is 0.269. The average molecular weight is 183 g/mol. The van der Waals surface area contributed by atoms with Crippen molar-refractivity contribution in [3.8, 4) is 11.8 Å². The highest BCUT2D eigenvalue weighted by molar-refractivity contribution is 5.84. The monoisotopic (exact) mass is 183 g/mol. The van der Waals surface area contributed by atoms with E-state index in [1.54, 1.807) is 12.1 Å². The lowest BCUT2D eigenvalue weighted by Crippen LogP contribution is -1.81. The number of aromatic hydroxyl groups is 1. The van der Waals surface area contributed by atoms with Crippen LogP contribution in [0.15, 0.2) is 36.4 Å². The van der Waals surface area contributed by atoms with Crippen LogP contribution >= 0.6 is 0 Å². The van der Waals surface area contributed by atoms with Crippen molar-refractivity contribution in [3.05, 3.63) is 42.0 Å². The van der Waals surface area contributed by atoms with Gasteiger partial charge in [0, 0.05) is 0 Å². The summed E-state index contributed by atoms with van der Waals surface area (Å²) in [6.07, 6.45) is 0.427. The van der Waals surface area contributed by atoms with E-state index < -0.39 is 0 Å². The number of nitriles is 1. The molecule has 0 atom stereocenters. The summed E-state index contributed by atoms with van der Waals surface area (Å²) in [5, 5.41) is 19.8. The molecule has 0 fully saturated rings. The smallest absolute Gasteiger partial charge is 0.116 e.